The van der Waals surface area contributed by atoms with E-state index in [0.717, 1.165) is 11.4 Å². The van der Waals surface area contributed by atoms with Crippen LogP contribution in [-0.2, 0) is 16.0 Å². The van der Waals surface area contributed by atoms with Gasteiger partial charge in [0.05, 0.1) is 0 Å². The van der Waals surface area contributed by atoms with Gasteiger partial charge >= 0.3 is 0 Å². The summed E-state index contributed by atoms with van der Waals surface area (Å²) >= 11 is 0. The molecular weight excluding hydrogens is 270 g/mol. The molecule has 0 saturated carbocycles. The van der Waals surface area contributed by atoms with E-state index >= 15 is 0 Å². The Morgan fingerprint density at radius 1 is 1.29 bits per heavy atom. The molecule has 1 aliphatic rings. The number of amides is 2. The zero-order valence-electron chi connectivity index (χ0n) is 12.9. The van der Waals surface area contributed by atoms with Crippen LogP contribution in [0, 0.1) is 6.92 Å². The predicted octanol–water partition coefficient (Wildman–Crippen LogP) is 0.948. The number of piperidine rings is 1. The van der Waals surface area contributed by atoms with Crippen molar-refractivity contribution in [3.63, 3.8) is 0 Å². The maximum absolute atomic E-state index is 12.1. The summed E-state index contributed by atoms with van der Waals surface area (Å²) in [6.07, 6.45) is 1.56. The van der Waals surface area contributed by atoms with Crippen molar-refractivity contribution < 1.29 is 9.59 Å². The minimum atomic E-state index is -0.421. The van der Waals surface area contributed by atoms with Gasteiger partial charge in [-0.15, -0.1) is 0 Å². The van der Waals surface area contributed by atoms with Crippen LogP contribution in [0.25, 0.3) is 0 Å². The molecule has 1 saturated heterocycles. The Bertz CT molecular complexity index is 573. The van der Waals surface area contributed by atoms with Crippen LogP contribution in [0.3, 0.4) is 0 Å². The molecule has 7 nitrogen and oxygen atoms in total. The molecule has 2 rings (SSSR count). The lowest BCUT2D eigenvalue weighted by molar-refractivity contribution is -0.146. The van der Waals surface area contributed by atoms with E-state index in [2.05, 4.69) is 20.6 Å². The van der Waals surface area contributed by atoms with E-state index in [-0.39, 0.29) is 11.8 Å². The highest BCUT2D eigenvalue weighted by Gasteiger charge is 2.32. The average molecular weight is 291 g/mol. The molecule has 1 aromatic heterocycles. The molecule has 1 atom stereocenters. The first-order chi connectivity index (χ1) is 9.97. The van der Waals surface area contributed by atoms with E-state index in [1.165, 1.54) is 11.9 Å². The number of nitrogens with zero attached hydrogens (tertiary/aromatic N) is 3. The number of imide groups is 1. The second-order valence-electron chi connectivity index (χ2n) is 5.09. The van der Waals surface area contributed by atoms with Crippen LogP contribution >= 0.6 is 0 Å². The second-order valence-corrected chi connectivity index (χ2v) is 5.09. The van der Waals surface area contributed by atoms with E-state index in [0.29, 0.717) is 30.9 Å². The summed E-state index contributed by atoms with van der Waals surface area (Å²) in [7, 11) is 3.32. The summed E-state index contributed by atoms with van der Waals surface area (Å²) in [6, 6.07) is -0.421. The first-order valence-corrected chi connectivity index (χ1v) is 7.10. The molecule has 0 bridgehead atoms. The molecule has 0 aliphatic carbocycles. The van der Waals surface area contributed by atoms with Crippen LogP contribution in [0.2, 0.25) is 0 Å². The van der Waals surface area contributed by atoms with E-state index in [1.807, 2.05) is 13.8 Å². The third kappa shape index (κ3) is 2.96. The summed E-state index contributed by atoms with van der Waals surface area (Å²) in [5, 5.41) is 6.20. The Balaban J connectivity index is 2.27. The van der Waals surface area contributed by atoms with Crippen molar-refractivity contribution in [3.8, 4) is 0 Å². The number of carbonyl (C=O) groups excluding carboxylic acids is 2. The first kappa shape index (κ1) is 15.2. The largest absolute Gasteiger partial charge is 0.373 e. The van der Waals surface area contributed by atoms with E-state index < -0.39 is 6.04 Å². The number of aryl methyl sites for hydroxylation is 1. The number of anilines is 2. The molecule has 114 valence electrons. The number of nitrogens with one attached hydrogen (secondary N) is 2. The summed E-state index contributed by atoms with van der Waals surface area (Å²) in [4.78, 5) is 33.7. The molecule has 2 amide bonds. The number of rotatable bonds is 4. The Labute approximate surface area is 124 Å². The predicted molar refractivity (Wildman–Crippen MR) is 80.1 cm³/mol. The standard InChI is InChI=1S/C14H21N5O2/c1-5-10-17-12(15-3)8(2)13(18-10)16-9-6-7-11(20)19(4)14(9)21/h9H,5-7H2,1-4H3,(H2,15,16,17,18). The molecule has 1 aromatic rings. The van der Waals surface area contributed by atoms with E-state index in [9.17, 15) is 9.59 Å². The van der Waals surface area contributed by atoms with Crippen molar-refractivity contribution in [1.29, 1.82) is 0 Å². The van der Waals surface area contributed by atoms with Crippen molar-refractivity contribution in [1.82, 2.24) is 14.9 Å². The minimum Gasteiger partial charge on any atom is -0.373 e. The molecule has 7 heteroatoms. The van der Waals surface area contributed by atoms with Crippen molar-refractivity contribution >= 4 is 23.5 Å². The van der Waals surface area contributed by atoms with Crippen LogP contribution in [-0.4, -0.2) is 46.8 Å². The van der Waals surface area contributed by atoms with Gasteiger partial charge in [-0.1, -0.05) is 6.92 Å². The quantitative estimate of drug-likeness (QED) is 0.803. The van der Waals surface area contributed by atoms with Gasteiger partial charge in [0.25, 0.3) is 5.91 Å². The normalized spacial score (nSPS) is 18.9. The number of carbonyl (C=O) groups is 2. The number of hydrogen-bond acceptors (Lipinski definition) is 6. The van der Waals surface area contributed by atoms with Crippen LogP contribution in [0.5, 0.6) is 0 Å². The van der Waals surface area contributed by atoms with Crippen LogP contribution < -0.4 is 10.6 Å². The lowest BCUT2D eigenvalue weighted by Crippen LogP contribution is -2.48. The average Bonchev–Trinajstić information content (AvgIpc) is 2.49. The highest BCUT2D eigenvalue weighted by Crippen LogP contribution is 2.23. The van der Waals surface area contributed by atoms with Gasteiger partial charge in [0, 0.05) is 32.5 Å². The summed E-state index contributed by atoms with van der Waals surface area (Å²) in [6.45, 7) is 3.88. The number of hydrogen-bond donors (Lipinski definition) is 2. The Kier molecular flexibility index (Phi) is 4.40. The van der Waals surface area contributed by atoms with Gasteiger partial charge < -0.3 is 10.6 Å². The smallest absolute Gasteiger partial charge is 0.251 e. The molecule has 1 aliphatic heterocycles. The monoisotopic (exact) mass is 291 g/mol. The Morgan fingerprint density at radius 3 is 2.57 bits per heavy atom. The van der Waals surface area contributed by atoms with Crippen LogP contribution in [0.15, 0.2) is 0 Å². The van der Waals surface area contributed by atoms with Gasteiger partial charge in [0.15, 0.2) is 0 Å². The lowest BCUT2D eigenvalue weighted by atomic mass is 10.0. The molecule has 0 radical (unpaired) electrons. The minimum absolute atomic E-state index is 0.136. The van der Waals surface area contributed by atoms with E-state index in [4.69, 9.17) is 0 Å². The van der Waals surface area contributed by atoms with Crippen LogP contribution in [0.4, 0.5) is 11.6 Å². The fraction of sp³-hybridized carbons (Fsp3) is 0.571. The highest BCUT2D eigenvalue weighted by molar-refractivity contribution is 6.01. The summed E-state index contributed by atoms with van der Waals surface area (Å²) in [5.41, 5.74) is 0.863. The lowest BCUT2D eigenvalue weighted by Gasteiger charge is -2.29. The van der Waals surface area contributed by atoms with Gasteiger partial charge in [-0.2, -0.15) is 0 Å². The van der Waals surface area contributed by atoms with E-state index in [1.54, 1.807) is 7.05 Å². The molecule has 0 aromatic carbocycles. The highest BCUT2D eigenvalue weighted by atomic mass is 16.2. The molecule has 1 unspecified atom stereocenters. The second kappa shape index (κ2) is 6.07. The maximum Gasteiger partial charge on any atom is 0.251 e. The number of likely N-dealkylation sites (N-methyl/N-ethyl adjacent to an activating group) is 1. The zero-order chi connectivity index (χ0) is 15.6. The number of likely N-dealkylation sites (tertiary alicyclic amines) is 1. The third-order valence-electron chi connectivity index (χ3n) is 3.71. The molecule has 2 heterocycles. The topological polar surface area (TPSA) is 87.2 Å². The molecule has 2 N–H and O–H groups in total. The molecule has 0 spiro atoms. The molecular formula is C14H21N5O2. The fourth-order valence-corrected chi connectivity index (χ4v) is 2.32. The van der Waals surface area contributed by atoms with Crippen molar-refractivity contribution in [3.05, 3.63) is 11.4 Å². The molecule has 21 heavy (non-hydrogen) atoms. The van der Waals surface area contributed by atoms with Crippen molar-refractivity contribution in [2.75, 3.05) is 24.7 Å². The maximum atomic E-state index is 12.1. The zero-order valence-corrected chi connectivity index (χ0v) is 12.9. The fourth-order valence-electron chi connectivity index (χ4n) is 2.32. The van der Waals surface area contributed by atoms with Gasteiger partial charge in [-0.05, 0) is 13.3 Å². The SMILES string of the molecule is CCc1nc(NC)c(C)c(NC2CCC(=O)N(C)C2=O)n1. The third-order valence-corrected chi connectivity index (χ3v) is 3.71. The first-order valence-electron chi connectivity index (χ1n) is 7.10. The summed E-state index contributed by atoms with van der Waals surface area (Å²) < 4.78 is 0. The van der Waals surface area contributed by atoms with Gasteiger partial charge in [0.2, 0.25) is 5.91 Å². The molecule has 1 fully saturated rings. The van der Waals surface area contributed by atoms with Gasteiger partial charge in [-0.25, -0.2) is 9.97 Å². The van der Waals surface area contributed by atoms with Crippen molar-refractivity contribution in [2.45, 2.75) is 39.2 Å². The summed E-state index contributed by atoms with van der Waals surface area (Å²) in [5.74, 6) is 1.75. The van der Waals surface area contributed by atoms with Crippen molar-refractivity contribution in [2.24, 2.45) is 0 Å². The van der Waals surface area contributed by atoms with Gasteiger partial charge in [-0.3, -0.25) is 14.5 Å². The van der Waals surface area contributed by atoms with Crippen LogP contribution in [0.1, 0.15) is 31.2 Å². The number of aromatic nitrogens is 2. The van der Waals surface area contributed by atoms with Gasteiger partial charge in [0.1, 0.15) is 23.5 Å². The Hall–Kier alpha value is -2.18. The Morgan fingerprint density at radius 2 is 1.95 bits per heavy atom.